The molecule has 2 aliphatic carbocycles. The second kappa shape index (κ2) is 12.9. The van der Waals surface area contributed by atoms with Crippen molar-refractivity contribution in [2.75, 3.05) is 23.3 Å². The highest BCUT2D eigenvalue weighted by Gasteiger charge is 2.54. The molecule has 1 aliphatic heterocycles. The van der Waals surface area contributed by atoms with Crippen molar-refractivity contribution in [2.45, 2.75) is 90.2 Å². The number of benzene rings is 2. The summed E-state index contributed by atoms with van der Waals surface area (Å²) >= 11 is 0. The lowest BCUT2D eigenvalue weighted by Crippen LogP contribution is -2.46. The second-order valence-corrected chi connectivity index (χ2v) is 17.4. The second-order valence-electron chi connectivity index (χ2n) is 15.7. The molecule has 7 rings (SSSR count). The Morgan fingerprint density at radius 2 is 1.71 bits per heavy atom. The van der Waals surface area contributed by atoms with E-state index in [1.54, 1.807) is 23.1 Å². The van der Waals surface area contributed by atoms with E-state index in [1.165, 1.54) is 37.1 Å². The lowest BCUT2D eigenvalue weighted by Gasteiger charge is -2.42. The standard InChI is InChI=1S/C39H45FN6O4S/c1-24-9-7-10-25(2)35(24)31-18-34-43-37(42-31)44-51(48,49)29-12-8-11-26(17-29)36(47)46(28(23-50-34)19-38(3,4)5)22-32-30(40)13-14-33(41-32)45(6)27-20-39(21-27)15-16-39/h7-14,17-18,27-28H,15-16,19-23H2,1-6H3,(H,42,43,44)/t28-/m1/s1. The molecule has 0 unspecified atom stereocenters. The smallest absolute Gasteiger partial charge is 0.264 e. The third kappa shape index (κ3) is 7.28. The summed E-state index contributed by atoms with van der Waals surface area (Å²) in [7, 11) is -2.24. The van der Waals surface area contributed by atoms with Crippen LogP contribution in [0.3, 0.4) is 0 Å². The van der Waals surface area contributed by atoms with Crippen molar-refractivity contribution < 1.29 is 22.3 Å². The van der Waals surface area contributed by atoms with Gasteiger partial charge in [0, 0.05) is 30.3 Å². The van der Waals surface area contributed by atoms with Crippen LogP contribution in [0, 0.1) is 30.5 Å². The fraction of sp³-hybridized carbons (Fsp3) is 0.436. The van der Waals surface area contributed by atoms with E-state index >= 15 is 4.39 Å². The van der Waals surface area contributed by atoms with Gasteiger partial charge in [-0.2, -0.15) is 4.98 Å². The number of halogens is 1. The number of sulfonamides is 1. The van der Waals surface area contributed by atoms with Crippen molar-refractivity contribution in [2.24, 2.45) is 10.8 Å². The number of hydrogen-bond acceptors (Lipinski definition) is 8. The average Bonchev–Trinajstić information content (AvgIpc) is 3.86. The maximum absolute atomic E-state index is 15.7. The number of rotatable bonds is 6. The number of aryl methyl sites for hydroxylation is 2. The third-order valence-corrected chi connectivity index (χ3v) is 11.8. The summed E-state index contributed by atoms with van der Waals surface area (Å²) in [5.74, 6) is -0.353. The van der Waals surface area contributed by atoms with Gasteiger partial charge >= 0.3 is 0 Å². The van der Waals surface area contributed by atoms with E-state index in [-0.39, 0.29) is 46.5 Å². The van der Waals surface area contributed by atoms with Crippen LogP contribution in [0.5, 0.6) is 5.88 Å². The summed E-state index contributed by atoms with van der Waals surface area (Å²) in [5.41, 5.74) is 3.71. The van der Waals surface area contributed by atoms with Crippen LogP contribution in [0.4, 0.5) is 16.2 Å². The average molecular weight is 713 g/mol. The first-order chi connectivity index (χ1) is 24.1. The van der Waals surface area contributed by atoms with Gasteiger partial charge in [-0.15, -0.1) is 0 Å². The number of carbonyl (C=O) groups is 1. The van der Waals surface area contributed by atoms with Gasteiger partial charge < -0.3 is 14.5 Å². The van der Waals surface area contributed by atoms with Gasteiger partial charge in [0.2, 0.25) is 11.8 Å². The number of fused-ring (bicyclic) bond motifs is 4. The Hall–Kier alpha value is -4.58. The maximum atomic E-state index is 15.7. The van der Waals surface area contributed by atoms with Crippen molar-refractivity contribution >= 4 is 27.7 Å². The number of aromatic nitrogens is 3. The predicted molar refractivity (Wildman–Crippen MR) is 195 cm³/mol. The lowest BCUT2D eigenvalue weighted by molar-refractivity contribution is 0.0506. The molecule has 3 aliphatic rings. The van der Waals surface area contributed by atoms with Crippen LogP contribution >= 0.6 is 0 Å². The Bertz CT molecular complexity index is 2080. The Kier molecular flexibility index (Phi) is 8.80. The zero-order valence-corrected chi connectivity index (χ0v) is 30.8. The van der Waals surface area contributed by atoms with E-state index in [9.17, 15) is 13.2 Å². The number of carbonyl (C=O) groups excluding carboxylic acids is 1. The van der Waals surface area contributed by atoms with E-state index in [1.807, 2.05) is 39.1 Å². The predicted octanol–water partition coefficient (Wildman–Crippen LogP) is 7.31. The summed E-state index contributed by atoms with van der Waals surface area (Å²) in [4.78, 5) is 31.9. The van der Waals surface area contributed by atoms with E-state index in [4.69, 9.17) is 9.72 Å². The van der Waals surface area contributed by atoms with Gasteiger partial charge in [0.1, 0.15) is 18.2 Å². The minimum absolute atomic E-state index is 0.00344. The molecule has 10 nitrogen and oxygen atoms in total. The van der Waals surface area contributed by atoms with Crippen LogP contribution in [0.2, 0.25) is 0 Å². The Morgan fingerprint density at radius 3 is 2.39 bits per heavy atom. The molecule has 2 aromatic carbocycles. The first-order valence-electron chi connectivity index (χ1n) is 17.5. The molecule has 268 valence electrons. The third-order valence-electron chi connectivity index (χ3n) is 10.5. The van der Waals surface area contributed by atoms with Gasteiger partial charge in [0.25, 0.3) is 15.9 Å². The SMILES string of the molecule is Cc1cccc(C)c1-c1cc2nc(n1)NS(=O)(=O)c1cccc(c1)C(=O)N(Cc1nc(N(C)C3CC4(CC4)C3)ccc1F)[C@H](CC(C)(C)C)CO2. The number of amides is 1. The van der Waals surface area contributed by atoms with Gasteiger partial charge in [-0.1, -0.05) is 45.0 Å². The molecule has 1 spiro atoms. The molecule has 2 aromatic heterocycles. The van der Waals surface area contributed by atoms with Crippen LogP contribution in [0.15, 0.2) is 65.6 Å². The maximum Gasteiger partial charge on any atom is 0.264 e. The zero-order valence-electron chi connectivity index (χ0n) is 30.0. The van der Waals surface area contributed by atoms with Gasteiger partial charge in [0.05, 0.1) is 28.9 Å². The van der Waals surface area contributed by atoms with Crippen LogP contribution < -0.4 is 14.4 Å². The summed E-state index contributed by atoms with van der Waals surface area (Å²) in [5, 5.41) is 0. The zero-order chi connectivity index (χ0) is 36.3. The first kappa shape index (κ1) is 34.9. The number of pyridine rings is 1. The Morgan fingerprint density at radius 1 is 1.00 bits per heavy atom. The minimum Gasteiger partial charge on any atom is -0.475 e. The van der Waals surface area contributed by atoms with E-state index in [0.717, 1.165) is 29.5 Å². The van der Waals surface area contributed by atoms with Gasteiger partial charge in [-0.25, -0.2) is 27.5 Å². The fourth-order valence-electron chi connectivity index (χ4n) is 7.47. The quantitative estimate of drug-likeness (QED) is 0.221. The van der Waals surface area contributed by atoms with Crippen LogP contribution in [0.1, 0.15) is 80.1 Å². The van der Waals surface area contributed by atoms with Gasteiger partial charge in [0.15, 0.2) is 0 Å². The largest absolute Gasteiger partial charge is 0.475 e. The molecular weight excluding hydrogens is 668 g/mol. The monoisotopic (exact) mass is 712 g/mol. The number of hydrogen-bond donors (Lipinski definition) is 1. The van der Waals surface area contributed by atoms with Crippen LogP contribution in [-0.2, 0) is 16.6 Å². The highest BCUT2D eigenvalue weighted by atomic mass is 32.2. The lowest BCUT2D eigenvalue weighted by atomic mass is 9.76. The Labute approximate surface area is 299 Å². The molecule has 4 bridgehead atoms. The molecular formula is C39H45FN6O4S. The molecule has 4 aromatic rings. The fourth-order valence-corrected chi connectivity index (χ4v) is 8.46. The highest BCUT2D eigenvalue weighted by Crippen LogP contribution is 2.61. The van der Waals surface area contributed by atoms with Crippen molar-refractivity contribution in [3.8, 4) is 17.1 Å². The molecule has 1 N–H and O–H groups in total. The van der Waals surface area contributed by atoms with Crippen molar-refractivity contribution in [3.63, 3.8) is 0 Å². The molecule has 0 radical (unpaired) electrons. The van der Waals surface area contributed by atoms with E-state index in [0.29, 0.717) is 29.4 Å². The molecule has 3 heterocycles. The Balaban J connectivity index is 1.31. The first-order valence-corrected chi connectivity index (χ1v) is 19.0. The van der Waals surface area contributed by atoms with Crippen LogP contribution in [-0.4, -0.2) is 59.9 Å². The molecule has 1 amide bonds. The molecule has 51 heavy (non-hydrogen) atoms. The summed E-state index contributed by atoms with van der Waals surface area (Å²) in [6.07, 6.45) is 5.25. The molecule has 2 fully saturated rings. The molecule has 12 heteroatoms. The van der Waals surface area contributed by atoms with Crippen molar-refractivity contribution in [1.29, 1.82) is 0 Å². The number of anilines is 2. The van der Waals surface area contributed by atoms with Gasteiger partial charge in [-0.05, 0) is 98.2 Å². The topological polar surface area (TPSA) is 118 Å². The summed E-state index contributed by atoms with van der Waals surface area (Å²) in [6, 6.07) is 16.3. The minimum atomic E-state index is -4.23. The molecule has 0 saturated heterocycles. The van der Waals surface area contributed by atoms with E-state index in [2.05, 4.69) is 40.4 Å². The summed E-state index contributed by atoms with van der Waals surface area (Å²) in [6.45, 7) is 9.97. The normalized spacial score (nSPS) is 19.5. The van der Waals surface area contributed by atoms with Crippen LogP contribution in [0.25, 0.3) is 11.3 Å². The number of nitrogens with one attached hydrogen (secondary N) is 1. The number of nitrogens with zero attached hydrogens (tertiary/aromatic N) is 5. The van der Waals surface area contributed by atoms with Gasteiger partial charge in [-0.3, -0.25) is 4.79 Å². The van der Waals surface area contributed by atoms with E-state index < -0.39 is 27.8 Å². The molecule has 2 saturated carbocycles. The summed E-state index contributed by atoms with van der Waals surface area (Å²) < 4.78 is 52.0. The van der Waals surface area contributed by atoms with Crippen molar-refractivity contribution in [1.82, 2.24) is 19.9 Å². The number of ether oxygens (including phenoxy) is 1. The highest BCUT2D eigenvalue weighted by molar-refractivity contribution is 7.92. The van der Waals surface area contributed by atoms with Crippen molar-refractivity contribution in [3.05, 3.63) is 88.9 Å². The molecule has 1 atom stereocenters.